The maximum atomic E-state index is 17.6. The number of halogens is 1. The molecule has 1 heterocycles. The van der Waals surface area contributed by atoms with Crippen LogP contribution in [0.15, 0.2) is 48.1 Å². The van der Waals surface area contributed by atoms with Gasteiger partial charge in [-0.05, 0) is 69.7 Å². The van der Waals surface area contributed by atoms with E-state index in [1.54, 1.807) is 32.9 Å². The fraction of sp³-hybridized carbons (Fsp3) is 0.594. The fourth-order valence-corrected chi connectivity index (χ4v) is 8.95. The molecular formula is C32H36FNO10. The highest BCUT2D eigenvalue weighted by Crippen LogP contribution is 2.71. The Kier molecular flexibility index (Phi) is 6.95. The molecule has 3 fully saturated rings. The van der Waals surface area contributed by atoms with Gasteiger partial charge < -0.3 is 24.2 Å². The minimum atomic E-state index is -2.09. The SMILES string of the molecule is CC1(C)O[C@@H]2C[C@H]3C4CC=C5CC(=O)C=C[C@]5(C)[C@@]4(F)[C@@H](O)C[C@]3(C)[C@]2(C(=O)COC(=O)c2cccc(CO[N+](=O)[O-])c2)O1. The van der Waals surface area contributed by atoms with E-state index in [-0.39, 0.29) is 37.2 Å². The summed E-state index contributed by atoms with van der Waals surface area (Å²) in [5, 5.41) is 21.3. The zero-order valence-electron chi connectivity index (χ0n) is 25.0. The summed E-state index contributed by atoms with van der Waals surface area (Å²) in [4.78, 5) is 54.3. The van der Waals surface area contributed by atoms with E-state index in [4.69, 9.17) is 14.2 Å². The third kappa shape index (κ3) is 4.21. The molecule has 1 unspecified atom stereocenters. The molecule has 0 radical (unpaired) electrons. The van der Waals surface area contributed by atoms with E-state index in [2.05, 4.69) is 4.84 Å². The molecule has 1 aromatic carbocycles. The number of allylic oxidation sites excluding steroid dienone is 4. The number of aliphatic hydroxyl groups is 1. The van der Waals surface area contributed by atoms with Crippen molar-refractivity contribution in [1.29, 1.82) is 0 Å². The van der Waals surface area contributed by atoms with Gasteiger partial charge in [0.15, 0.2) is 29.4 Å². The zero-order chi connectivity index (χ0) is 31.9. The number of Topliss-reactive ketones (excluding diaryl/α,β-unsaturated/α-hetero) is 1. The molecule has 8 atom stereocenters. The summed E-state index contributed by atoms with van der Waals surface area (Å²) in [6, 6.07) is 5.88. The number of carbonyl (C=O) groups is 3. The normalized spacial score (nSPS) is 39.8. The Hall–Kier alpha value is -3.48. The highest BCUT2D eigenvalue weighted by Gasteiger charge is 2.80. The summed E-state index contributed by atoms with van der Waals surface area (Å²) >= 11 is 0. The minimum Gasteiger partial charge on any atom is -0.454 e. The van der Waals surface area contributed by atoms with Crippen LogP contribution in [-0.2, 0) is 35.2 Å². The van der Waals surface area contributed by atoms with E-state index in [0.29, 0.717) is 17.6 Å². The van der Waals surface area contributed by atoms with Crippen molar-refractivity contribution in [3.05, 3.63) is 69.3 Å². The van der Waals surface area contributed by atoms with Crippen LogP contribution in [0.3, 0.4) is 0 Å². The van der Waals surface area contributed by atoms with Gasteiger partial charge >= 0.3 is 5.97 Å². The third-order valence-electron chi connectivity index (χ3n) is 10.8. The van der Waals surface area contributed by atoms with Crippen molar-refractivity contribution in [3.8, 4) is 0 Å². The van der Waals surface area contributed by atoms with Crippen molar-refractivity contribution < 1.29 is 48.0 Å². The van der Waals surface area contributed by atoms with E-state index in [1.165, 1.54) is 24.3 Å². The highest BCUT2D eigenvalue weighted by molar-refractivity contribution is 5.96. The molecule has 44 heavy (non-hydrogen) atoms. The van der Waals surface area contributed by atoms with Crippen LogP contribution in [0.2, 0.25) is 0 Å². The number of ether oxygens (including phenoxy) is 3. The van der Waals surface area contributed by atoms with Crippen molar-refractivity contribution in [1.82, 2.24) is 0 Å². The average molecular weight is 614 g/mol. The third-order valence-corrected chi connectivity index (χ3v) is 10.8. The van der Waals surface area contributed by atoms with Gasteiger partial charge in [-0.1, -0.05) is 36.8 Å². The van der Waals surface area contributed by atoms with Crippen LogP contribution in [-0.4, -0.2) is 63.6 Å². The molecule has 236 valence electrons. The lowest BCUT2D eigenvalue weighted by molar-refractivity contribution is -0.763. The number of fused-ring (bicyclic) bond motifs is 7. The van der Waals surface area contributed by atoms with Crippen LogP contribution < -0.4 is 0 Å². The topological polar surface area (TPSA) is 152 Å². The number of carbonyl (C=O) groups excluding carboxylic acids is 3. The molecular weight excluding hydrogens is 577 g/mol. The van der Waals surface area contributed by atoms with Crippen LogP contribution in [0.5, 0.6) is 0 Å². The molecule has 0 amide bonds. The number of ketones is 2. The number of benzene rings is 1. The molecule has 5 aliphatic rings. The van der Waals surface area contributed by atoms with Gasteiger partial charge in [0.05, 0.1) is 17.8 Å². The van der Waals surface area contributed by atoms with Crippen molar-refractivity contribution >= 4 is 17.5 Å². The maximum absolute atomic E-state index is 17.6. The number of rotatable bonds is 7. The van der Waals surface area contributed by atoms with E-state index in [1.807, 2.05) is 13.0 Å². The molecule has 1 saturated heterocycles. The second-order valence-electron chi connectivity index (χ2n) is 13.5. The number of aliphatic hydroxyl groups excluding tert-OH is 1. The summed E-state index contributed by atoms with van der Waals surface area (Å²) < 4.78 is 35.7. The zero-order valence-corrected chi connectivity index (χ0v) is 25.0. The maximum Gasteiger partial charge on any atom is 0.338 e. The molecule has 4 aliphatic carbocycles. The van der Waals surface area contributed by atoms with Gasteiger partial charge in [-0.15, -0.1) is 10.1 Å². The second-order valence-corrected chi connectivity index (χ2v) is 13.5. The Morgan fingerprint density at radius 3 is 2.68 bits per heavy atom. The lowest BCUT2D eigenvalue weighted by Gasteiger charge is -2.62. The number of nitrogens with zero attached hydrogens (tertiary/aromatic N) is 1. The molecule has 0 spiro atoms. The minimum absolute atomic E-state index is 0.0723. The predicted molar refractivity (Wildman–Crippen MR) is 150 cm³/mol. The van der Waals surface area contributed by atoms with Gasteiger partial charge in [-0.25, -0.2) is 9.18 Å². The summed E-state index contributed by atoms with van der Waals surface area (Å²) in [7, 11) is 0. The quantitative estimate of drug-likeness (QED) is 0.207. The molecule has 0 bridgehead atoms. The number of esters is 1. The van der Waals surface area contributed by atoms with Gasteiger partial charge in [0.2, 0.25) is 5.78 Å². The van der Waals surface area contributed by atoms with Gasteiger partial charge in [0.25, 0.3) is 5.09 Å². The number of alkyl halides is 1. The molecule has 1 aromatic rings. The second kappa shape index (κ2) is 10.0. The first-order valence-electron chi connectivity index (χ1n) is 14.8. The monoisotopic (exact) mass is 613 g/mol. The molecule has 2 saturated carbocycles. The molecule has 0 aromatic heterocycles. The summed E-state index contributed by atoms with van der Waals surface area (Å²) in [5.41, 5.74) is -4.89. The number of hydrogen-bond acceptors (Lipinski definition) is 10. The summed E-state index contributed by atoms with van der Waals surface area (Å²) in [5.74, 6) is -3.79. The van der Waals surface area contributed by atoms with Crippen molar-refractivity contribution in [2.75, 3.05) is 6.61 Å². The van der Waals surface area contributed by atoms with Gasteiger partial charge in [-0.2, -0.15) is 0 Å². The molecule has 1 aliphatic heterocycles. The van der Waals surface area contributed by atoms with E-state index >= 15 is 4.39 Å². The Bertz CT molecular complexity index is 1510. The number of hydrogen-bond donors (Lipinski definition) is 1. The summed E-state index contributed by atoms with van der Waals surface area (Å²) in [6.45, 7) is 5.89. The van der Waals surface area contributed by atoms with Crippen LogP contribution in [0.1, 0.15) is 69.3 Å². The molecule has 11 nitrogen and oxygen atoms in total. The highest BCUT2D eigenvalue weighted by atomic mass is 19.1. The standard InChI is InChI=1S/C32H36FNO10/c1-28(2)43-26-14-23-22-9-8-20-13-21(35)10-11-29(20,3)31(22,33)24(36)15-30(23,4)32(26,44-28)25(37)17-41-27(38)19-7-5-6-18(12-19)16-42-34(39)40/h5-8,10-12,22-24,26,36H,9,13-17H2,1-4H3/t22?,23-,24-,26+,29-,30-,31-,32+/m0/s1. The lowest BCUT2D eigenvalue weighted by Crippen LogP contribution is -2.69. The first-order chi connectivity index (χ1) is 20.6. The Labute approximate surface area is 253 Å². The molecule has 1 N–H and O–H groups in total. The Morgan fingerprint density at radius 1 is 1.20 bits per heavy atom. The van der Waals surface area contributed by atoms with Crippen molar-refractivity contribution in [2.24, 2.45) is 22.7 Å². The van der Waals surface area contributed by atoms with Crippen molar-refractivity contribution in [3.63, 3.8) is 0 Å². The summed E-state index contributed by atoms with van der Waals surface area (Å²) in [6.07, 6.45) is 3.18. The first kappa shape index (κ1) is 30.5. The van der Waals surface area contributed by atoms with E-state index in [9.17, 15) is 29.6 Å². The van der Waals surface area contributed by atoms with Crippen LogP contribution in [0.25, 0.3) is 0 Å². The predicted octanol–water partition coefficient (Wildman–Crippen LogP) is 3.99. The van der Waals surface area contributed by atoms with Gasteiger partial charge in [-0.3, -0.25) is 9.59 Å². The van der Waals surface area contributed by atoms with Gasteiger partial charge in [0.1, 0.15) is 6.61 Å². The van der Waals surface area contributed by atoms with Crippen LogP contribution in [0.4, 0.5) is 4.39 Å². The molecule has 12 heteroatoms. The molecule has 6 rings (SSSR count). The van der Waals surface area contributed by atoms with E-state index in [0.717, 1.165) is 0 Å². The lowest BCUT2D eigenvalue weighted by atomic mass is 9.45. The average Bonchev–Trinajstić information content (AvgIpc) is 3.37. The smallest absolute Gasteiger partial charge is 0.338 e. The largest absolute Gasteiger partial charge is 0.454 e. The Balaban J connectivity index is 1.29. The van der Waals surface area contributed by atoms with Crippen LogP contribution >= 0.6 is 0 Å². The first-order valence-corrected chi connectivity index (χ1v) is 14.8. The van der Waals surface area contributed by atoms with Crippen LogP contribution in [0, 0.1) is 32.8 Å². The van der Waals surface area contributed by atoms with Gasteiger partial charge in [0, 0.05) is 23.2 Å². The van der Waals surface area contributed by atoms with Crippen molar-refractivity contribution in [2.45, 2.75) is 89.2 Å². The van der Waals surface area contributed by atoms with E-state index < -0.39 is 75.4 Å². The fourth-order valence-electron chi connectivity index (χ4n) is 8.95. The Morgan fingerprint density at radius 2 is 1.95 bits per heavy atom.